The van der Waals surface area contributed by atoms with Crippen LogP contribution >= 0.6 is 0 Å². The summed E-state index contributed by atoms with van der Waals surface area (Å²) in [6, 6.07) is 22.6. The summed E-state index contributed by atoms with van der Waals surface area (Å²) in [7, 11) is -23.5. The van der Waals surface area contributed by atoms with Crippen LogP contribution in [0, 0.1) is 13.8 Å². The van der Waals surface area contributed by atoms with Gasteiger partial charge in [-0.1, -0.05) is 12.1 Å². The van der Waals surface area contributed by atoms with Crippen molar-refractivity contribution in [2.75, 3.05) is 7.11 Å². The van der Waals surface area contributed by atoms with Crippen molar-refractivity contribution in [3.05, 3.63) is 120 Å². The largest absolute Gasteiger partial charge is 0.505 e. The molecule has 31 heteroatoms. The lowest BCUT2D eigenvalue weighted by molar-refractivity contribution is 0.416. The van der Waals surface area contributed by atoms with Crippen LogP contribution in [0.2, 0.25) is 0 Å². The molecule has 0 spiro atoms. The van der Waals surface area contributed by atoms with Crippen LogP contribution < -0.4 is 4.74 Å². The zero-order valence-corrected chi connectivity index (χ0v) is 42.7. The van der Waals surface area contributed by atoms with Crippen LogP contribution in [0.25, 0.3) is 49.0 Å². The molecule has 1 heterocycles. The topological polar surface area (TPSA) is 406 Å². The van der Waals surface area contributed by atoms with Crippen LogP contribution in [0.4, 0.5) is 34.1 Å². The van der Waals surface area contributed by atoms with E-state index in [9.17, 15) is 70.0 Å². The van der Waals surface area contributed by atoms with E-state index in [1.54, 1.807) is 32.0 Å². The third kappa shape index (κ3) is 10.5. The lowest BCUT2D eigenvalue weighted by Crippen LogP contribution is -2.04. The van der Waals surface area contributed by atoms with Crippen molar-refractivity contribution in [2.24, 2.45) is 30.7 Å². The van der Waals surface area contributed by atoms with Crippen LogP contribution in [-0.4, -0.2) is 92.1 Å². The van der Waals surface area contributed by atoms with Crippen LogP contribution in [-0.2, 0) is 50.6 Å². The number of methoxy groups -OCH3 is 1. The predicted molar refractivity (Wildman–Crippen MR) is 270 cm³/mol. The maximum atomic E-state index is 12.8. The lowest BCUT2D eigenvalue weighted by Gasteiger charge is -2.11. The molecule has 1 aromatic heterocycles. The molecule has 0 bridgehead atoms. The highest BCUT2D eigenvalue weighted by atomic mass is 32.2. The van der Waals surface area contributed by atoms with Crippen molar-refractivity contribution >= 4 is 128 Å². The zero-order valence-electron chi connectivity index (χ0n) is 38.6. The summed E-state index contributed by atoms with van der Waals surface area (Å²) in [6.07, 6.45) is 0. The number of hydrogen-bond donors (Lipinski definition) is 6. The number of hydrogen-bond acceptors (Lipinski definition) is 20. The van der Waals surface area contributed by atoms with E-state index in [2.05, 4.69) is 40.9 Å². The molecule has 6 N–H and O–H groups in total. The van der Waals surface area contributed by atoms with Crippen molar-refractivity contribution in [1.29, 1.82) is 0 Å². The molecule has 26 nitrogen and oxygen atoms in total. The number of ether oxygens (including phenoxy) is 1. The van der Waals surface area contributed by atoms with Crippen molar-refractivity contribution in [3.8, 4) is 17.2 Å². The van der Waals surface area contributed by atoms with Gasteiger partial charge in [0.25, 0.3) is 50.6 Å². The smallest absolute Gasteiger partial charge is 0.296 e. The summed E-state index contributed by atoms with van der Waals surface area (Å²) in [6.45, 7) is 3.36. The average molecular weight is 1130 g/mol. The summed E-state index contributed by atoms with van der Waals surface area (Å²) in [4.78, 5) is -3.01. The van der Waals surface area contributed by atoms with Gasteiger partial charge < -0.3 is 9.84 Å². The van der Waals surface area contributed by atoms with Gasteiger partial charge in [0.1, 0.15) is 42.8 Å². The molecule has 9 rings (SSSR count). The number of rotatable bonds is 13. The standard InChI is InChI=1S/C45H33N9O17S5/c1-22-12-26(6-10-35(22)48-47-27-5-4-24-15-29(72(56,57)58)19-41(33(24)17-27)75(65,66)67)46-49-37-21-39(71-3)38(13-23(37)2)50-51-44-42(76(68,69)70)16-25-14-28(7-8-31(25)45(44)55)54-52-36-11-9-32-34(43(36)53-54)18-30(73(59,60)61)20-40(32)74(62,63)64/h4-21,55H,1-3H3,(H,56,57,58)(H,59,60,61)(H,62,63,64)(H,65,66,67)(H,68,69,70). The molecule has 0 amide bonds. The number of phenolic OH excluding ortho intramolecular Hbond substituents is 1. The Bertz CT molecular complexity index is 4700. The van der Waals surface area contributed by atoms with E-state index in [0.29, 0.717) is 40.3 Å². The molecule has 0 radical (unpaired) electrons. The van der Waals surface area contributed by atoms with Gasteiger partial charge >= 0.3 is 0 Å². The number of aryl methyl sites for hydroxylation is 2. The second-order valence-corrected chi connectivity index (χ2v) is 23.5. The fourth-order valence-electron chi connectivity index (χ4n) is 7.85. The van der Waals surface area contributed by atoms with E-state index < -0.39 is 86.5 Å². The predicted octanol–water partition coefficient (Wildman–Crippen LogP) is 9.69. The van der Waals surface area contributed by atoms with Crippen molar-refractivity contribution < 1.29 is 74.7 Å². The number of fused-ring (bicyclic) bond motifs is 5. The quantitative estimate of drug-likeness (QED) is 0.0462. The highest BCUT2D eigenvalue weighted by Crippen LogP contribution is 2.44. The first-order valence-corrected chi connectivity index (χ1v) is 28.3. The number of aromatic nitrogens is 3. The van der Waals surface area contributed by atoms with E-state index >= 15 is 0 Å². The first-order chi connectivity index (χ1) is 35.5. The molecule has 0 atom stereocenters. The molecule has 390 valence electrons. The van der Waals surface area contributed by atoms with Crippen molar-refractivity contribution in [2.45, 2.75) is 38.3 Å². The fourth-order valence-corrected chi connectivity index (χ4v) is 11.2. The second-order valence-electron chi connectivity index (χ2n) is 16.5. The molecular weight excluding hydrogens is 1100 g/mol. The number of benzene rings is 8. The number of azo groups is 3. The van der Waals surface area contributed by atoms with E-state index in [0.717, 1.165) is 23.0 Å². The minimum Gasteiger partial charge on any atom is -0.505 e. The molecule has 0 aliphatic heterocycles. The van der Waals surface area contributed by atoms with E-state index in [4.69, 9.17) is 4.74 Å². The monoisotopic (exact) mass is 1130 g/mol. The maximum absolute atomic E-state index is 12.8. The highest BCUT2D eigenvalue weighted by molar-refractivity contribution is 7.87. The van der Waals surface area contributed by atoms with Gasteiger partial charge in [-0.15, -0.1) is 20.4 Å². The molecule has 0 aliphatic carbocycles. The molecule has 9 aromatic rings. The summed E-state index contributed by atoms with van der Waals surface area (Å²) >= 11 is 0. The Kier molecular flexibility index (Phi) is 13.1. The Morgan fingerprint density at radius 2 is 1.04 bits per heavy atom. The first-order valence-electron chi connectivity index (χ1n) is 21.1. The van der Waals surface area contributed by atoms with Gasteiger partial charge in [-0.3, -0.25) is 22.8 Å². The molecule has 0 aliphatic rings. The number of phenols is 1. The molecule has 0 saturated carbocycles. The van der Waals surface area contributed by atoms with Crippen LogP contribution in [0.1, 0.15) is 11.1 Å². The number of aromatic hydroxyl groups is 1. The molecular formula is C45H33N9O17S5. The van der Waals surface area contributed by atoms with E-state index in [-0.39, 0.29) is 66.2 Å². The normalized spacial score (nSPS) is 13.2. The third-order valence-corrected chi connectivity index (χ3v) is 15.8. The van der Waals surface area contributed by atoms with Crippen LogP contribution in [0.3, 0.4) is 0 Å². The zero-order chi connectivity index (χ0) is 55.0. The van der Waals surface area contributed by atoms with Crippen molar-refractivity contribution in [3.63, 3.8) is 0 Å². The van der Waals surface area contributed by atoms with Gasteiger partial charge in [-0.05, 0) is 127 Å². The highest BCUT2D eigenvalue weighted by Gasteiger charge is 2.26. The Morgan fingerprint density at radius 1 is 0.461 bits per heavy atom. The van der Waals surface area contributed by atoms with Gasteiger partial charge in [-0.2, -0.15) is 67.3 Å². The summed E-state index contributed by atoms with van der Waals surface area (Å²) < 4.78 is 176. The second kappa shape index (κ2) is 18.9. The Labute approximate surface area is 429 Å². The van der Waals surface area contributed by atoms with E-state index in [1.807, 2.05) is 0 Å². The summed E-state index contributed by atoms with van der Waals surface area (Å²) in [5.74, 6) is -0.633. The van der Waals surface area contributed by atoms with Gasteiger partial charge in [0, 0.05) is 27.6 Å². The minimum atomic E-state index is -5.12. The third-order valence-electron chi connectivity index (χ3n) is 11.5. The molecule has 0 unspecified atom stereocenters. The Balaban J connectivity index is 0.982. The van der Waals surface area contributed by atoms with Crippen LogP contribution in [0.15, 0.2) is 164 Å². The Hall–Kier alpha value is -8.11. The Morgan fingerprint density at radius 3 is 1.67 bits per heavy atom. The van der Waals surface area contributed by atoms with E-state index in [1.165, 1.54) is 67.8 Å². The molecule has 76 heavy (non-hydrogen) atoms. The SMILES string of the molecule is COc1cc(N=Nc2ccc(N=Nc3ccc4cc(S(=O)(=O)O)cc(S(=O)(=O)O)c4c3)c(C)c2)c(C)cc1N=Nc1c(S(=O)(=O)O)cc2cc(-n3nc4ccc5c(S(=O)(=O)O)cc(S(=O)(=O)O)cc5c4n3)ccc2c1O. The first kappa shape index (κ1) is 52.7. The van der Waals surface area contributed by atoms with Crippen molar-refractivity contribution in [1.82, 2.24) is 15.0 Å². The average Bonchev–Trinajstić information content (AvgIpc) is 3.78. The van der Waals surface area contributed by atoms with Gasteiger partial charge in [0.15, 0.2) is 5.75 Å². The van der Waals surface area contributed by atoms with Gasteiger partial charge in [0.2, 0.25) is 0 Å². The molecule has 8 aromatic carbocycles. The minimum absolute atomic E-state index is 0.0237. The maximum Gasteiger partial charge on any atom is 0.296 e. The molecule has 0 saturated heterocycles. The fraction of sp³-hybridized carbons (Fsp3) is 0.0667. The number of nitrogens with zero attached hydrogens (tertiary/aromatic N) is 9. The van der Waals surface area contributed by atoms with Gasteiger partial charge in [-0.25, -0.2) is 0 Å². The summed E-state index contributed by atoms with van der Waals surface area (Å²) in [5.41, 5.74) is 1.83. The summed E-state index contributed by atoms with van der Waals surface area (Å²) in [5, 5.41) is 45.1. The molecule has 0 fully saturated rings. The van der Waals surface area contributed by atoms with Crippen LogP contribution in [0.5, 0.6) is 11.5 Å². The van der Waals surface area contributed by atoms with Gasteiger partial charge in [0.05, 0.1) is 45.3 Å². The lowest BCUT2D eigenvalue weighted by atomic mass is 10.1.